The third kappa shape index (κ3) is 3.17. The van der Waals surface area contributed by atoms with E-state index in [-0.39, 0.29) is 35.9 Å². The van der Waals surface area contributed by atoms with Gasteiger partial charge in [-0.25, -0.2) is 4.39 Å². The lowest BCUT2D eigenvalue weighted by Crippen LogP contribution is -2.58. The Bertz CT molecular complexity index is 546. The number of carbonyl (C=O) groups is 1. The summed E-state index contributed by atoms with van der Waals surface area (Å²) in [6.07, 6.45) is 2.08. The number of nitrogens with zero attached hydrogens (tertiary/aromatic N) is 1. The normalized spacial score (nSPS) is 50.3. The van der Waals surface area contributed by atoms with Crippen molar-refractivity contribution in [2.75, 3.05) is 26.2 Å². The molecule has 1 amide bonds. The van der Waals surface area contributed by atoms with E-state index in [4.69, 9.17) is 0 Å². The molecule has 1 aliphatic carbocycles. The van der Waals surface area contributed by atoms with Crippen molar-refractivity contribution < 1.29 is 14.3 Å². The maximum Gasteiger partial charge on any atom is 0.253 e. The fraction of sp³-hybridized carbons (Fsp3) is 0.947. The molecule has 4 rings (SSSR count). The van der Waals surface area contributed by atoms with Crippen LogP contribution in [-0.4, -0.2) is 72.1 Å². The van der Waals surface area contributed by atoms with Gasteiger partial charge in [-0.2, -0.15) is 0 Å². The Morgan fingerprint density at radius 1 is 1.27 bits per heavy atom. The number of rotatable bonds is 2. The average Bonchev–Trinajstić information content (AvgIpc) is 2.84. The second-order valence-electron chi connectivity index (χ2n) is 9.04. The zero-order valence-electron chi connectivity index (χ0n) is 15.9. The minimum atomic E-state index is -1.37. The molecule has 0 aromatic heterocycles. The van der Waals surface area contributed by atoms with Crippen LogP contribution in [0.3, 0.4) is 0 Å². The lowest BCUT2D eigenvalue weighted by molar-refractivity contribution is -0.139. The number of amides is 1. The van der Waals surface area contributed by atoms with Crippen molar-refractivity contribution in [3.8, 4) is 0 Å². The highest BCUT2D eigenvalue weighted by Gasteiger charge is 2.57. The molecular weight excluding hydrogens is 335 g/mol. The number of nitrogens with one attached hydrogen (secondary N) is 3. The van der Waals surface area contributed by atoms with Crippen molar-refractivity contribution in [1.29, 1.82) is 0 Å². The van der Waals surface area contributed by atoms with Crippen molar-refractivity contribution in [1.82, 2.24) is 20.9 Å². The topological polar surface area (TPSA) is 76.6 Å². The van der Waals surface area contributed by atoms with Crippen LogP contribution in [0.5, 0.6) is 0 Å². The van der Waals surface area contributed by atoms with E-state index < -0.39 is 11.8 Å². The molecule has 7 heteroatoms. The Kier molecular flexibility index (Phi) is 5.01. The predicted molar refractivity (Wildman–Crippen MR) is 97.2 cm³/mol. The molecule has 4 N–H and O–H groups in total. The summed E-state index contributed by atoms with van der Waals surface area (Å²) in [6.45, 7) is 7.55. The van der Waals surface area contributed by atoms with Crippen LogP contribution in [0.1, 0.15) is 39.5 Å². The van der Waals surface area contributed by atoms with Crippen LogP contribution >= 0.6 is 0 Å². The Labute approximate surface area is 155 Å². The van der Waals surface area contributed by atoms with Gasteiger partial charge >= 0.3 is 0 Å². The summed E-state index contributed by atoms with van der Waals surface area (Å²) < 4.78 is 14.7. The molecule has 0 bridgehead atoms. The molecule has 0 radical (unpaired) electrons. The number of piperidine rings is 1. The SMILES string of the molecule is C[C@@H]1CNCCN1C1CC(F)CC(C2CCNC3NC(=O)C(C)(O)C32)C1. The average molecular weight is 368 g/mol. The number of alkyl halides is 1. The number of halogens is 1. The van der Waals surface area contributed by atoms with Crippen molar-refractivity contribution in [3.05, 3.63) is 0 Å². The lowest BCUT2D eigenvalue weighted by Gasteiger charge is -2.48. The van der Waals surface area contributed by atoms with Gasteiger partial charge in [0, 0.05) is 37.6 Å². The van der Waals surface area contributed by atoms with Crippen LogP contribution in [0, 0.1) is 17.8 Å². The number of piperazine rings is 1. The fourth-order valence-electron chi connectivity index (χ4n) is 6.09. The summed E-state index contributed by atoms with van der Waals surface area (Å²) in [6, 6.07) is 0.697. The van der Waals surface area contributed by atoms with Crippen molar-refractivity contribution in [2.24, 2.45) is 17.8 Å². The molecule has 4 aliphatic rings. The quantitative estimate of drug-likeness (QED) is 0.561. The van der Waals surface area contributed by atoms with E-state index in [9.17, 15) is 14.3 Å². The van der Waals surface area contributed by atoms with Gasteiger partial charge in [0.2, 0.25) is 0 Å². The standard InChI is InChI=1S/C19H33FN4O2/c1-11-10-21-5-6-24(11)14-8-12(7-13(20)9-14)15-3-4-22-17-16(15)19(2,26)18(25)23-17/h11-17,21-22,26H,3-10H2,1-2H3,(H,23,25)/t11-,12?,13?,14?,15?,16?,17?,19?/m1/s1. The van der Waals surface area contributed by atoms with Gasteiger partial charge < -0.3 is 15.7 Å². The van der Waals surface area contributed by atoms with Crippen LogP contribution in [-0.2, 0) is 4.79 Å². The smallest absolute Gasteiger partial charge is 0.253 e. The van der Waals surface area contributed by atoms with Crippen molar-refractivity contribution in [3.63, 3.8) is 0 Å². The van der Waals surface area contributed by atoms with Gasteiger partial charge in [0.05, 0.1) is 6.17 Å². The van der Waals surface area contributed by atoms with Crippen molar-refractivity contribution >= 4 is 5.91 Å². The molecule has 0 aromatic rings. The second kappa shape index (κ2) is 7.00. The molecule has 26 heavy (non-hydrogen) atoms. The summed E-state index contributed by atoms with van der Waals surface area (Å²) in [5, 5.41) is 20.5. The number of carbonyl (C=O) groups excluding carboxylic acids is 1. The minimum Gasteiger partial charge on any atom is -0.380 e. The minimum absolute atomic E-state index is 0.175. The molecule has 1 saturated carbocycles. The molecule has 6 nitrogen and oxygen atoms in total. The molecule has 3 saturated heterocycles. The molecule has 4 fully saturated rings. The van der Waals surface area contributed by atoms with E-state index in [1.165, 1.54) is 0 Å². The van der Waals surface area contributed by atoms with Crippen LogP contribution in [0.15, 0.2) is 0 Å². The zero-order chi connectivity index (χ0) is 18.5. The maximum atomic E-state index is 14.7. The molecule has 3 aliphatic heterocycles. The lowest BCUT2D eigenvalue weighted by atomic mass is 9.65. The number of hydrogen-bond donors (Lipinski definition) is 4. The van der Waals surface area contributed by atoms with Crippen LogP contribution in [0.2, 0.25) is 0 Å². The van der Waals surface area contributed by atoms with E-state index in [1.807, 2.05) is 0 Å². The highest BCUT2D eigenvalue weighted by atomic mass is 19.1. The van der Waals surface area contributed by atoms with Crippen molar-refractivity contribution in [2.45, 2.75) is 69.6 Å². The summed E-state index contributed by atoms with van der Waals surface area (Å²) in [4.78, 5) is 14.7. The van der Waals surface area contributed by atoms with E-state index in [0.717, 1.165) is 39.0 Å². The van der Waals surface area contributed by atoms with Gasteiger partial charge in [-0.05, 0) is 57.9 Å². The first-order valence-electron chi connectivity index (χ1n) is 10.2. The van der Waals surface area contributed by atoms with Gasteiger partial charge in [-0.15, -0.1) is 0 Å². The van der Waals surface area contributed by atoms with Gasteiger partial charge in [0.1, 0.15) is 11.8 Å². The third-order valence-corrected chi connectivity index (χ3v) is 7.35. The predicted octanol–water partition coefficient (Wildman–Crippen LogP) is 0.220. The first-order valence-corrected chi connectivity index (χ1v) is 10.2. The Hall–Kier alpha value is -0.760. The molecular formula is C19H33FN4O2. The monoisotopic (exact) mass is 368 g/mol. The van der Waals surface area contributed by atoms with E-state index in [2.05, 4.69) is 27.8 Å². The summed E-state index contributed by atoms with van der Waals surface area (Å²) >= 11 is 0. The Morgan fingerprint density at radius 2 is 2.08 bits per heavy atom. The van der Waals surface area contributed by atoms with E-state index >= 15 is 0 Å². The Morgan fingerprint density at radius 3 is 2.85 bits per heavy atom. The number of fused-ring (bicyclic) bond motifs is 1. The molecule has 8 atom stereocenters. The molecule has 0 aromatic carbocycles. The summed E-state index contributed by atoms with van der Waals surface area (Å²) in [5.74, 6) is -0.0824. The van der Waals surface area contributed by atoms with E-state index in [0.29, 0.717) is 18.9 Å². The zero-order valence-corrected chi connectivity index (χ0v) is 15.9. The highest BCUT2D eigenvalue weighted by molar-refractivity contribution is 5.87. The second-order valence-corrected chi connectivity index (χ2v) is 9.04. The van der Waals surface area contributed by atoms with Crippen LogP contribution in [0.25, 0.3) is 0 Å². The first kappa shape index (κ1) is 18.6. The van der Waals surface area contributed by atoms with Gasteiger partial charge in [0.25, 0.3) is 5.91 Å². The first-order chi connectivity index (χ1) is 12.4. The molecule has 7 unspecified atom stereocenters. The van der Waals surface area contributed by atoms with Crippen LogP contribution in [0.4, 0.5) is 4.39 Å². The van der Waals surface area contributed by atoms with E-state index in [1.54, 1.807) is 6.92 Å². The third-order valence-electron chi connectivity index (χ3n) is 7.35. The summed E-state index contributed by atoms with van der Waals surface area (Å²) in [7, 11) is 0. The largest absolute Gasteiger partial charge is 0.380 e. The number of hydrogen-bond acceptors (Lipinski definition) is 5. The van der Waals surface area contributed by atoms with Crippen LogP contribution < -0.4 is 16.0 Å². The molecule has 148 valence electrons. The number of aliphatic hydroxyl groups is 1. The molecule has 0 spiro atoms. The highest BCUT2D eigenvalue weighted by Crippen LogP contribution is 2.46. The fourth-order valence-corrected chi connectivity index (χ4v) is 6.09. The Balaban J connectivity index is 1.53. The van der Waals surface area contributed by atoms with Gasteiger partial charge in [-0.1, -0.05) is 0 Å². The van der Waals surface area contributed by atoms with Gasteiger partial charge in [-0.3, -0.25) is 15.0 Å². The summed E-state index contributed by atoms with van der Waals surface area (Å²) in [5.41, 5.74) is -1.37. The maximum absolute atomic E-state index is 14.7. The van der Waals surface area contributed by atoms with Gasteiger partial charge in [0.15, 0.2) is 0 Å². The molecule has 3 heterocycles.